The second-order valence-electron chi connectivity index (χ2n) is 5.02. The first-order valence-corrected chi connectivity index (χ1v) is 6.22. The van der Waals surface area contributed by atoms with Gasteiger partial charge in [0.1, 0.15) is 5.04 Å². The summed E-state index contributed by atoms with van der Waals surface area (Å²) in [6.07, 6.45) is 0. The lowest BCUT2D eigenvalue weighted by atomic mass is 9.80. The number of amides is 1. The molecular weight excluding hydrogens is 224 g/mol. The van der Waals surface area contributed by atoms with Crippen molar-refractivity contribution >= 4 is 22.7 Å². The van der Waals surface area contributed by atoms with Gasteiger partial charge >= 0.3 is 0 Å². The Kier molecular flexibility index (Phi) is 5.86. The summed E-state index contributed by atoms with van der Waals surface area (Å²) in [7, 11) is 1.59. The van der Waals surface area contributed by atoms with Crippen molar-refractivity contribution < 1.29 is 10.0 Å². The highest BCUT2D eigenvalue weighted by Gasteiger charge is 2.36. The average Bonchev–Trinajstić information content (AvgIpc) is 2.13. The third-order valence-corrected chi connectivity index (χ3v) is 3.11. The van der Waals surface area contributed by atoms with Gasteiger partial charge in [0.25, 0.3) is 0 Å². The Hall–Kier alpha value is -0.710. The van der Waals surface area contributed by atoms with Gasteiger partial charge in [-0.05, 0) is 5.41 Å². The van der Waals surface area contributed by atoms with Crippen LogP contribution in [-0.2, 0) is 4.79 Å². The molecule has 0 saturated heterocycles. The van der Waals surface area contributed by atoms with Gasteiger partial charge < -0.3 is 10.5 Å². The van der Waals surface area contributed by atoms with Crippen LogP contribution in [0.5, 0.6) is 0 Å². The van der Waals surface area contributed by atoms with Crippen molar-refractivity contribution in [3.05, 3.63) is 0 Å². The van der Waals surface area contributed by atoms with E-state index in [0.29, 0.717) is 5.04 Å². The van der Waals surface area contributed by atoms with E-state index in [0.717, 1.165) is 0 Å². The second kappa shape index (κ2) is 6.13. The number of hydrogen-bond donors (Lipinski definition) is 2. The van der Waals surface area contributed by atoms with Crippen LogP contribution in [0.15, 0.2) is 5.16 Å². The zero-order valence-corrected chi connectivity index (χ0v) is 11.7. The molecule has 0 spiro atoms. The third kappa shape index (κ3) is 4.43. The number of hydrogen-bond acceptors (Lipinski definition) is 4. The summed E-state index contributed by atoms with van der Waals surface area (Å²) in [6, 6.07) is 0. The Morgan fingerprint density at radius 2 is 1.88 bits per heavy atom. The van der Waals surface area contributed by atoms with Crippen LogP contribution in [0, 0.1) is 11.3 Å². The van der Waals surface area contributed by atoms with Crippen LogP contribution in [0.2, 0.25) is 0 Å². The molecule has 1 amide bonds. The smallest absolute Gasteiger partial charge is 0.230 e. The molecule has 0 aromatic rings. The normalized spacial score (nSPS) is 15.1. The van der Waals surface area contributed by atoms with E-state index in [1.165, 1.54) is 11.8 Å². The lowest BCUT2D eigenvalue weighted by molar-refractivity contribution is -0.124. The summed E-state index contributed by atoms with van der Waals surface area (Å²) in [5, 5.41) is 15.7. The first kappa shape index (κ1) is 15.3. The van der Waals surface area contributed by atoms with Crippen LogP contribution >= 0.6 is 11.8 Å². The number of nitrogens with one attached hydrogen (secondary N) is 1. The lowest BCUT2D eigenvalue weighted by Crippen LogP contribution is -2.40. The van der Waals surface area contributed by atoms with E-state index in [9.17, 15) is 4.79 Å². The molecule has 4 nitrogen and oxygen atoms in total. The molecule has 0 aliphatic heterocycles. The number of carbonyl (C=O) groups excluding carboxylic acids is 1. The topological polar surface area (TPSA) is 61.7 Å². The van der Waals surface area contributed by atoms with Crippen molar-refractivity contribution in [1.29, 1.82) is 0 Å². The van der Waals surface area contributed by atoms with Crippen molar-refractivity contribution in [1.82, 2.24) is 5.32 Å². The fraction of sp³-hybridized carbons (Fsp3) is 0.818. The molecule has 94 valence electrons. The number of oxime groups is 1. The van der Waals surface area contributed by atoms with Gasteiger partial charge in [-0.1, -0.05) is 39.8 Å². The third-order valence-electron chi connectivity index (χ3n) is 2.08. The van der Waals surface area contributed by atoms with Gasteiger partial charge in [0.2, 0.25) is 5.91 Å². The van der Waals surface area contributed by atoms with E-state index < -0.39 is 5.92 Å². The summed E-state index contributed by atoms with van der Waals surface area (Å²) < 4.78 is 0. The maximum atomic E-state index is 11.8. The molecule has 16 heavy (non-hydrogen) atoms. The molecule has 0 saturated carbocycles. The fourth-order valence-electron chi connectivity index (χ4n) is 1.41. The van der Waals surface area contributed by atoms with Crippen molar-refractivity contribution in [3.63, 3.8) is 0 Å². The Morgan fingerprint density at radius 3 is 2.12 bits per heavy atom. The van der Waals surface area contributed by atoms with E-state index in [2.05, 4.69) is 10.5 Å². The first-order valence-electron chi connectivity index (χ1n) is 5.34. The van der Waals surface area contributed by atoms with Gasteiger partial charge in [0.05, 0.1) is 5.92 Å². The Balaban J connectivity index is 5.09. The van der Waals surface area contributed by atoms with Crippen LogP contribution in [0.4, 0.5) is 0 Å². The number of thioether (sulfide) groups is 1. The Morgan fingerprint density at radius 1 is 1.38 bits per heavy atom. The largest absolute Gasteiger partial charge is 0.410 e. The molecule has 0 rings (SSSR count). The summed E-state index contributed by atoms with van der Waals surface area (Å²) in [5.74, 6) is -0.539. The number of carbonyl (C=O) groups is 1. The van der Waals surface area contributed by atoms with E-state index in [4.69, 9.17) is 5.21 Å². The minimum atomic E-state index is -0.421. The van der Waals surface area contributed by atoms with E-state index in [1.807, 2.05) is 34.6 Å². The molecule has 2 N–H and O–H groups in total. The molecular formula is C11H22N2O2S. The molecule has 0 bridgehead atoms. The Labute approximate surface area is 102 Å². The van der Waals surface area contributed by atoms with Gasteiger partial charge in [-0.25, -0.2) is 0 Å². The first-order chi connectivity index (χ1) is 7.23. The van der Waals surface area contributed by atoms with Crippen molar-refractivity contribution in [2.75, 3.05) is 7.05 Å². The van der Waals surface area contributed by atoms with Crippen LogP contribution in [0.25, 0.3) is 0 Å². The van der Waals surface area contributed by atoms with Crippen molar-refractivity contribution in [2.24, 2.45) is 16.5 Å². The SMILES string of the molecule is CNC(=O)C(/C(=N/O)SC(C)C)C(C)(C)C. The zero-order chi connectivity index (χ0) is 12.9. The highest BCUT2D eigenvalue weighted by atomic mass is 32.2. The molecule has 0 aromatic carbocycles. The minimum Gasteiger partial charge on any atom is -0.410 e. The number of rotatable bonds is 3. The highest BCUT2D eigenvalue weighted by Crippen LogP contribution is 2.32. The maximum Gasteiger partial charge on any atom is 0.230 e. The molecule has 1 unspecified atom stereocenters. The monoisotopic (exact) mass is 246 g/mol. The minimum absolute atomic E-state index is 0.117. The molecule has 5 heteroatoms. The molecule has 0 aromatic heterocycles. The molecule has 0 aliphatic rings. The van der Waals surface area contributed by atoms with E-state index in [1.54, 1.807) is 7.05 Å². The van der Waals surface area contributed by atoms with E-state index >= 15 is 0 Å². The van der Waals surface area contributed by atoms with Crippen LogP contribution in [-0.4, -0.2) is 28.5 Å². The van der Waals surface area contributed by atoms with Crippen molar-refractivity contribution in [2.45, 2.75) is 39.9 Å². The predicted octanol–water partition coefficient (Wildman–Crippen LogP) is 2.32. The predicted molar refractivity (Wildman–Crippen MR) is 69.0 cm³/mol. The van der Waals surface area contributed by atoms with Gasteiger partial charge in [-0.3, -0.25) is 4.79 Å². The summed E-state index contributed by atoms with van der Waals surface area (Å²) in [5.41, 5.74) is -0.274. The van der Waals surface area contributed by atoms with Crippen LogP contribution < -0.4 is 5.32 Å². The fourth-order valence-corrected chi connectivity index (χ4v) is 2.54. The van der Waals surface area contributed by atoms with Gasteiger partial charge in [0, 0.05) is 12.3 Å². The number of nitrogens with zero attached hydrogens (tertiary/aromatic N) is 1. The lowest BCUT2D eigenvalue weighted by Gasteiger charge is -2.29. The average molecular weight is 246 g/mol. The molecule has 0 fully saturated rings. The highest BCUT2D eigenvalue weighted by molar-refractivity contribution is 8.14. The van der Waals surface area contributed by atoms with Crippen LogP contribution in [0.1, 0.15) is 34.6 Å². The van der Waals surface area contributed by atoms with Gasteiger partial charge in [-0.15, -0.1) is 11.8 Å². The summed E-state index contributed by atoms with van der Waals surface area (Å²) >= 11 is 1.42. The van der Waals surface area contributed by atoms with Gasteiger partial charge in [0.15, 0.2) is 0 Å². The summed E-state index contributed by atoms with van der Waals surface area (Å²) in [6.45, 7) is 9.87. The Bertz CT molecular complexity index is 270. The molecule has 1 atom stereocenters. The molecule has 0 radical (unpaired) electrons. The summed E-state index contributed by atoms with van der Waals surface area (Å²) in [4.78, 5) is 11.8. The quantitative estimate of drug-likeness (QED) is 0.348. The van der Waals surface area contributed by atoms with Crippen molar-refractivity contribution in [3.8, 4) is 0 Å². The van der Waals surface area contributed by atoms with Gasteiger partial charge in [-0.2, -0.15) is 0 Å². The zero-order valence-electron chi connectivity index (χ0n) is 10.9. The molecule has 0 aliphatic carbocycles. The second-order valence-corrected chi connectivity index (χ2v) is 6.61. The van der Waals surface area contributed by atoms with Crippen LogP contribution in [0.3, 0.4) is 0 Å². The van der Waals surface area contributed by atoms with E-state index in [-0.39, 0.29) is 16.6 Å². The maximum absolute atomic E-state index is 11.8. The molecule has 0 heterocycles. The standard InChI is InChI=1S/C11H22N2O2S/c1-7(2)16-10(13-15)8(9(14)12-6)11(3,4)5/h7-8,15H,1-6H3,(H,12,14)/b13-10-.